The van der Waals surface area contributed by atoms with E-state index in [1.165, 1.54) is 0 Å². The number of Topliss-reactive ketones (excluding diaryl/α,β-unsaturated/α-hetero) is 1. The van der Waals surface area contributed by atoms with E-state index in [2.05, 4.69) is 4.99 Å². The van der Waals surface area contributed by atoms with Gasteiger partial charge in [0.2, 0.25) is 0 Å². The van der Waals surface area contributed by atoms with Gasteiger partial charge in [0, 0.05) is 13.5 Å². The van der Waals surface area contributed by atoms with E-state index in [1.54, 1.807) is 6.92 Å². The maximum atomic E-state index is 11.2. The van der Waals surface area contributed by atoms with Crippen molar-refractivity contribution in [1.82, 2.24) is 0 Å². The summed E-state index contributed by atoms with van der Waals surface area (Å²) in [6.07, 6.45) is 0.403. The van der Waals surface area contributed by atoms with Gasteiger partial charge in [0.15, 0.2) is 0 Å². The predicted molar refractivity (Wildman–Crippen MR) is 76.6 cm³/mol. The second-order valence-electron chi connectivity index (χ2n) is 4.06. The van der Waals surface area contributed by atoms with Gasteiger partial charge in [0.25, 0.3) is 0 Å². The molecule has 0 aromatic heterocycles. The Morgan fingerprint density at radius 1 is 1.39 bits per heavy atom. The van der Waals surface area contributed by atoms with Crippen LogP contribution < -0.4 is 10.6 Å². The van der Waals surface area contributed by atoms with Gasteiger partial charge in [0.1, 0.15) is 11.6 Å². The fourth-order valence-electron chi connectivity index (χ4n) is 1.95. The van der Waals surface area contributed by atoms with Crippen molar-refractivity contribution in [3.8, 4) is 0 Å². The van der Waals surface area contributed by atoms with Crippen molar-refractivity contribution in [2.24, 2.45) is 10.7 Å². The monoisotopic (exact) mass is 247 g/mol. The van der Waals surface area contributed by atoms with Crippen molar-refractivity contribution < 1.29 is 4.79 Å². The number of hydrogen-bond acceptors (Lipinski definition) is 4. The maximum absolute atomic E-state index is 11.2. The number of amidine groups is 1. The fourth-order valence-corrected chi connectivity index (χ4v) is 1.95. The summed E-state index contributed by atoms with van der Waals surface area (Å²) in [5, 5.41) is 0. The number of ketones is 1. The number of rotatable bonds is 2. The van der Waals surface area contributed by atoms with Crippen LogP contribution in [0.3, 0.4) is 0 Å². The lowest BCUT2D eigenvalue weighted by Crippen LogP contribution is -2.45. The minimum atomic E-state index is -0.118. The lowest BCUT2D eigenvalue weighted by molar-refractivity contribution is -0.117. The van der Waals surface area contributed by atoms with Crippen molar-refractivity contribution in [2.45, 2.75) is 33.2 Å². The van der Waals surface area contributed by atoms with Crippen molar-refractivity contribution in [1.29, 1.82) is 0 Å². The lowest BCUT2D eigenvalue weighted by Gasteiger charge is -2.33. The third-order valence-corrected chi connectivity index (χ3v) is 2.80. The third kappa shape index (κ3) is 2.88. The molecule has 0 aliphatic carbocycles. The van der Waals surface area contributed by atoms with E-state index < -0.39 is 0 Å². The summed E-state index contributed by atoms with van der Waals surface area (Å²) < 4.78 is 0. The van der Waals surface area contributed by atoms with Crippen LogP contribution in [0, 0.1) is 0 Å². The standard InChI is InChI=1S/C12H15N3O.C2H6/c1-8(16)7-11-12(13)14-9-5-3-4-6-10(9)15(11)2;1-2/h3-6,11H,7H2,1-2H3,(H2,13,14);1-2H3. The molecule has 2 N–H and O–H groups in total. The molecule has 1 atom stereocenters. The minimum Gasteiger partial charge on any atom is -0.385 e. The largest absolute Gasteiger partial charge is 0.385 e. The first-order chi connectivity index (χ1) is 8.59. The second kappa shape index (κ2) is 6.19. The van der Waals surface area contributed by atoms with E-state index >= 15 is 0 Å². The lowest BCUT2D eigenvalue weighted by atomic mass is 10.1. The van der Waals surface area contributed by atoms with Crippen molar-refractivity contribution in [3.05, 3.63) is 24.3 Å². The van der Waals surface area contributed by atoms with Gasteiger partial charge < -0.3 is 10.6 Å². The molecule has 2 rings (SSSR count). The Hall–Kier alpha value is -1.84. The number of para-hydroxylation sites is 2. The number of benzene rings is 1. The van der Waals surface area contributed by atoms with E-state index in [0.717, 1.165) is 11.4 Å². The molecule has 98 valence electrons. The number of aliphatic imine (C=N–C) groups is 1. The number of carbonyl (C=O) groups is 1. The molecule has 0 saturated carbocycles. The number of anilines is 1. The first kappa shape index (κ1) is 14.2. The molecule has 0 amide bonds. The Bertz CT molecular complexity index is 454. The highest BCUT2D eigenvalue weighted by atomic mass is 16.1. The highest BCUT2D eigenvalue weighted by Crippen LogP contribution is 2.33. The Kier molecular flexibility index (Phi) is 4.89. The third-order valence-electron chi connectivity index (χ3n) is 2.80. The van der Waals surface area contributed by atoms with Gasteiger partial charge in [-0.25, -0.2) is 4.99 Å². The zero-order chi connectivity index (χ0) is 13.7. The first-order valence-corrected chi connectivity index (χ1v) is 6.25. The molecule has 1 aliphatic heterocycles. The molecular formula is C14H21N3O. The summed E-state index contributed by atoms with van der Waals surface area (Å²) in [4.78, 5) is 17.5. The number of hydrogen-bond donors (Lipinski definition) is 1. The molecule has 1 aliphatic rings. The van der Waals surface area contributed by atoms with Crippen LogP contribution in [-0.2, 0) is 4.79 Å². The molecule has 0 bridgehead atoms. The molecule has 18 heavy (non-hydrogen) atoms. The van der Waals surface area contributed by atoms with Gasteiger partial charge in [-0.1, -0.05) is 26.0 Å². The number of nitrogens with two attached hydrogens (primary N) is 1. The molecule has 1 aromatic rings. The Balaban J connectivity index is 0.000000771. The average molecular weight is 247 g/mol. The summed E-state index contributed by atoms with van der Waals surface area (Å²) in [7, 11) is 1.94. The van der Waals surface area contributed by atoms with Gasteiger partial charge in [-0.15, -0.1) is 0 Å². The van der Waals surface area contributed by atoms with Crippen LogP contribution >= 0.6 is 0 Å². The molecule has 4 heteroatoms. The van der Waals surface area contributed by atoms with Crippen molar-refractivity contribution in [3.63, 3.8) is 0 Å². The van der Waals surface area contributed by atoms with Crippen molar-refractivity contribution >= 4 is 23.0 Å². The Labute approximate surface area is 109 Å². The van der Waals surface area contributed by atoms with Crippen LogP contribution in [0.1, 0.15) is 27.2 Å². The number of carbonyl (C=O) groups excluding carboxylic acids is 1. The van der Waals surface area contributed by atoms with Gasteiger partial charge in [0.05, 0.1) is 17.4 Å². The molecular weight excluding hydrogens is 226 g/mol. The number of fused-ring (bicyclic) bond motifs is 1. The van der Waals surface area contributed by atoms with Gasteiger partial charge in [-0.3, -0.25) is 4.79 Å². The van der Waals surface area contributed by atoms with Crippen molar-refractivity contribution in [2.75, 3.05) is 11.9 Å². The number of likely N-dealkylation sites (N-methyl/N-ethyl adjacent to an activating group) is 1. The SMILES string of the molecule is CC.CC(=O)CC1C(N)=Nc2ccccc2N1C. The average Bonchev–Trinajstić information content (AvgIpc) is 2.37. The van der Waals surface area contributed by atoms with E-state index in [0.29, 0.717) is 12.3 Å². The first-order valence-electron chi connectivity index (χ1n) is 6.25. The zero-order valence-electron chi connectivity index (χ0n) is 11.5. The molecule has 0 fully saturated rings. The summed E-state index contributed by atoms with van der Waals surface area (Å²) in [5.74, 6) is 0.630. The molecule has 4 nitrogen and oxygen atoms in total. The van der Waals surface area contributed by atoms with E-state index in [1.807, 2.05) is 50.1 Å². The highest BCUT2D eigenvalue weighted by molar-refractivity contribution is 5.98. The van der Waals surface area contributed by atoms with E-state index in [4.69, 9.17) is 5.73 Å². The van der Waals surface area contributed by atoms with Crippen LogP contribution in [0.2, 0.25) is 0 Å². The molecule has 0 saturated heterocycles. The van der Waals surface area contributed by atoms with E-state index in [-0.39, 0.29) is 11.8 Å². The van der Waals surface area contributed by atoms with Crippen LogP contribution in [0.15, 0.2) is 29.3 Å². The smallest absolute Gasteiger partial charge is 0.132 e. The Morgan fingerprint density at radius 3 is 2.61 bits per heavy atom. The van der Waals surface area contributed by atoms with Crippen LogP contribution in [0.4, 0.5) is 11.4 Å². The highest BCUT2D eigenvalue weighted by Gasteiger charge is 2.26. The maximum Gasteiger partial charge on any atom is 0.132 e. The summed E-state index contributed by atoms with van der Waals surface area (Å²) in [6, 6.07) is 7.67. The van der Waals surface area contributed by atoms with Crippen LogP contribution in [0.25, 0.3) is 0 Å². The minimum absolute atomic E-state index is 0.118. The van der Waals surface area contributed by atoms with Gasteiger partial charge >= 0.3 is 0 Å². The van der Waals surface area contributed by atoms with E-state index in [9.17, 15) is 4.79 Å². The summed E-state index contributed by atoms with van der Waals surface area (Å²) >= 11 is 0. The quantitative estimate of drug-likeness (QED) is 0.873. The molecule has 1 heterocycles. The normalized spacial score (nSPS) is 17.2. The topological polar surface area (TPSA) is 58.7 Å². The molecule has 0 spiro atoms. The van der Waals surface area contributed by atoms with Gasteiger partial charge in [-0.05, 0) is 19.1 Å². The summed E-state index contributed by atoms with van der Waals surface area (Å²) in [6.45, 7) is 5.57. The summed E-state index contributed by atoms with van der Waals surface area (Å²) in [5.41, 5.74) is 7.77. The molecule has 1 unspecified atom stereocenters. The Morgan fingerprint density at radius 2 is 2.00 bits per heavy atom. The second-order valence-corrected chi connectivity index (χ2v) is 4.06. The predicted octanol–water partition coefficient (Wildman–Crippen LogP) is 2.50. The van der Waals surface area contributed by atoms with Crippen LogP contribution in [-0.4, -0.2) is 24.7 Å². The molecule has 1 aromatic carbocycles. The van der Waals surface area contributed by atoms with Gasteiger partial charge in [-0.2, -0.15) is 0 Å². The van der Waals surface area contributed by atoms with Crippen LogP contribution in [0.5, 0.6) is 0 Å². The fraction of sp³-hybridized carbons (Fsp3) is 0.429. The molecule has 0 radical (unpaired) electrons. The zero-order valence-corrected chi connectivity index (χ0v) is 11.5. The number of nitrogens with zero attached hydrogens (tertiary/aromatic N) is 2.